The van der Waals surface area contributed by atoms with Crippen LogP contribution in [-0.4, -0.2) is 59.5 Å². The van der Waals surface area contributed by atoms with Crippen molar-refractivity contribution < 1.29 is 22.0 Å². The molecule has 0 atom stereocenters. The first-order chi connectivity index (χ1) is 13.1. The molecule has 0 N–H and O–H groups in total. The fourth-order valence-electron chi connectivity index (χ4n) is 3.28. The number of nitrogens with zero attached hydrogens (tertiary/aromatic N) is 4. The maximum atomic E-state index is 13.0. The minimum Gasteiger partial charge on any atom is -0.336 e. The number of sulfonamides is 1. The zero-order valence-electron chi connectivity index (χ0n) is 15.3. The molecule has 1 saturated heterocycles. The van der Waals surface area contributed by atoms with E-state index >= 15 is 0 Å². The van der Waals surface area contributed by atoms with Crippen LogP contribution in [0.2, 0.25) is 5.02 Å². The van der Waals surface area contributed by atoms with Gasteiger partial charge in [-0.25, -0.2) is 13.1 Å². The molecule has 1 aliphatic heterocycles. The van der Waals surface area contributed by atoms with E-state index in [2.05, 4.69) is 5.10 Å². The second-order valence-corrected chi connectivity index (χ2v) is 8.74. The van der Waals surface area contributed by atoms with Crippen LogP contribution in [0.3, 0.4) is 0 Å². The number of benzene rings is 1. The molecule has 0 bridgehead atoms. The van der Waals surface area contributed by atoms with Gasteiger partial charge in [-0.15, -0.1) is 0 Å². The SMILES string of the molecule is Cc1nn(C(F)F)c(C)c1S(=O)(=O)N1CCN(C(=O)c2cccc(Cl)c2)CC1. The Hall–Kier alpha value is -2.04. The van der Waals surface area contributed by atoms with Crippen LogP contribution < -0.4 is 0 Å². The van der Waals surface area contributed by atoms with E-state index in [1.54, 1.807) is 29.2 Å². The molecule has 0 saturated carbocycles. The number of alkyl halides is 2. The first kappa shape index (κ1) is 20.7. The number of piperazine rings is 1. The molecule has 0 spiro atoms. The number of hydrogen-bond donors (Lipinski definition) is 0. The molecule has 7 nitrogen and oxygen atoms in total. The Kier molecular flexibility index (Phi) is 5.74. The second kappa shape index (κ2) is 7.76. The third-order valence-corrected chi connectivity index (χ3v) is 7.03. The summed E-state index contributed by atoms with van der Waals surface area (Å²) in [6.07, 6.45) is 0. The lowest BCUT2D eigenvalue weighted by Crippen LogP contribution is -2.50. The largest absolute Gasteiger partial charge is 0.336 e. The minimum absolute atomic E-state index is 0.0234. The zero-order valence-corrected chi connectivity index (χ0v) is 16.8. The maximum Gasteiger partial charge on any atom is 0.333 e. The normalized spacial score (nSPS) is 16.0. The van der Waals surface area contributed by atoms with Crippen molar-refractivity contribution in [2.45, 2.75) is 25.3 Å². The molecule has 1 amide bonds. The van der Waals surface area contributed by atoms with Crippen LogP contribution in [0, 0.1) is 13.8 Å². The number of hydrogen-bond acceptors (Lipinski definition) is 4. The van der Waals surface area contributed by atoms with E-state index < -0.39 is 16.6 Å². The average molecular weight is 433 g/mol. The Morgan fingerprint density at radius 3 is 2.36 bits per heavy atom. The highest BCUT2D eigenvalue weighted by molar-refractivity contribution is 7.89. The molecule has 1 fully saturated rings. The van der Waals surface area contributed by atoms with Gasteiger partial charge in [0.15, 0.2) is 0 Å². The number of amides is 1. The molecule has 1 aromatic heterocycles. The van der Waals surface area contributed by atoms with Crippen LogP contribution in [0.5, 0.6) is 0 Å². The third kappa shape index (κ3) is 3.76. The van der Waals surface area contributed by atoms with Crippen molar-refractivity contribution in [2.75, 3.05) is 26.2 Å². The molecule has 2 aromatic rings. The quantitative estimate of drug-likeness (QED) is 0.744. The Balaban J connectivity index is 1.77. The number of rotatable bonds is 4. The standard InChI is InChI=1S/C17H19ClF2N4O3S/c1-11-15(12(2)24(21-11)17(19)20)28(26,27)23-8-6-22(7-9-23)16(25)13-4-3-5-14(18)10-13/h3-5,10,17H,6-9H2,1-2H3. The first-order valence-electron chi connectivity index (χ1n) is 8.51. The van der Waals surface area contributed by atoms with Crippen LogP contribution in [-0.2, 0) is 10.0 Å². The molecular weight excluding hydrogens is 414 g/mol. The predicted molar refractivity (Wildman–Crippen MR) is 99.1 cm³/mol. The number of aryl methyl sites for hydroxylation is 1. The van der Waals surface area contributed by atoms with Crippen molar-refractivity contribution in [1.29, 1.82) is 0 Å². The molecule has 0 unspecified atom stereocenters. The number of halogens is 3. The van der Waals surface area contributed by atoms with E-state index in [4.69, 9.17) is 11.6 Å². The lowest BCUT2D eigenvalue weighted by Gasteiger charge is -2.34. The summed E-state index contributed by atoms with van der Waals surface area (Å²) in [5.74, 6) is -0.238. The van der Waals surface area contributed by atoms with E-state index in [-0.39, 0.29) is 48.4 Å². The van der Waals surface area contributed by atoms with Gasteiger partial charge in [0.25, 0.3) is 5.91 Å². The number of carbonyl (C=O) groups excluding carboxylic acids is 1. The topological polar surface area (TPSA) is 75.5 Å². The average Bonchev–Trinajstić information content (AvgIpc) is 2.96. The van der Waals surface area contributed by atoms with Gasteiger partial charge in [0.2, 0.25) is 10.0 Å². The summed E-state index contributed by atoms with van der Waals surface area (Å²) in [7, 11) is -4.00. The first-order valence-corrected chi connectivity index (χ1v) is 10.3. The molecule has 0 aliphatic carbocycles. The fraction of sp³-hybridized carbons (Fsp3) is 0.412. The van der Waals surface area contributed by atoms with E-state index in [9.17, 15) is 22.0 Å². The molecule has 2 heterocycles. The zero-order chi connectivity index (χ0) is 20.6. The van der Waals surface area contributed by atoms with Gasteiger partial charge in [-0.1, -0.05) is 17.7 Å². The van der Waals surface area contributed by atoms with Crippen molar-refractivity contribution in [1.82, 2.24) is 19.0 Å². The fourth-order valence-corrected chi connectivity index (χ4v) is 5.25. The lowest BCUT2D eigenvalue weighted by molar-refractivity contribution is 0.0538. The monoisotopic (exact) mass is 432 g/mol. The molecule has 1 aromatic carbocycles. The van der Waals surface area contributed by atoms with E-state index in [1.807, 2.05) is 0 Å². The van der Waals surface area contributed by atoms with Crippen molar-refractivity contribution in [3.8, 4) is 0 Å². The molecule has 3 rings (SSSR count). The van der Waals surface area contributed by atoms with Gasteiger partial charge >= 0.3 is 6.55 Å². The van der Waals surface area contributed by atoms with Gasteiger partial charge in [-0.3, -0.25) is 4.79 Å². The minimum atomic E-state index is -4.00. The Bertz CT molecular complexity index is 1000. The van der Waals surface area contributed by atoms with Gasteiger partial charge in [0, 0.05) is 36.8 Å². The predicted octanol–water partition coefficient (Wildman–Crippen LogP) is 2.70. The summed E-state index contributed by atoms with van der Waals surface area (Å²) in [5.41, 5.74) is 0.342. The summed E-state index contributed by atoms with van der Waals surface area (Å²) in [6, 6.07) is 6.52. The highest BCUT2D eigenvalue weighted by Crippen LogP contribution is 2.27. The summed E-state index contributed by atoms with van der Waals surface area (Å²) in [6.45, 7) is 0.267. The van der Waals surface area contributed by atoms with Crippen LogP contribution >= 0.6 is 11.6 Å². The van der Waals surface area contributed by atoms with Gasteiger partial charge in [0.1, 0.15) is 4.90 Å². The van der Waals surface area contributed by atoms with Crippen molar-refractivity contribution >= 4 is 27.5 Å². The van der Waals surface area contributed by atoms with Gasteiger partial charge in [-0.2, -0.15) is 18.2 Å². The molecule has 0 radical (unpaired) electrons. The number of carbonyl (C=O) groups is 1. The number of aromatic nitrogens is 2. The summed E-state index contributed by atoms with van der Waals surface area (Å²) < 4.78 is 53.6. The van der Waals surface area contributed by atoms with E-state index in [0.29, 0.717) is 15.3 Å². The van der Waals surface area contributed by atoms with E-state index in [1.165, 1.54) is 18.2 Å². The van der Waals surface area contributed by atoms with Crippen LogP contribution in [0.15, 0.2) is 29.2 Å². The van der Waals surface area contributed by atoms with Crippen LogP contribution in [0.25, 0.3) is 0 Å². The maximum absolute atomic E-state index is 13.0. The molecular formula is C17H19ClF2N4O3S. The van der Waals surface area contributed by atoms with E-state index in [0.717, 1.165) is 0 Å². The Labute approximate surface area is 166 Å². The molecule has 11 heteroatoms. The smallest absolute Gasteiger partial charge is 0.333 e. The van der Waals surface area contributed by atoms with Crippen LogP contribution in [0.1, 0.15) is 28.3 Å². The molecule has 28 heavy (non-hydrogen) atoms. The van der Waals surface area contributed by atoms with Gasteiger partial charge in [0.05, 0.1) is 11.4 Å². The Morgan fingerprint density at radius 2 is 1.82 bits per heavy atom. The second-order valence-electron chi connectivity index (χ2n) is 6.43. The van der Waals surface area contributed by atoms with Crippen LogP contribution in [0.4, 0.5) is 8.78 Å². The highest BCUT2D eigenvalue weighted by atomic mass is 35.5. The summed E-state index contributed by atoms with van der Waals surface area (Å²) >= 11 is 5.91. The molecule has 152 valence electrons. The van der Waals surface area contributed by atoms with Crippen molar-refractivity contribution in [3.05, 3.63) is 46.2 Å². The third-order valence-electron chi connectivity index (χ3n) is 4.64. The summed E-state index contributed by atoms with van der Waals surface area (Å²) in [4.78, 5) is 13.9. The summed E-state index contributed by atoms with van der Waals surface area (Å²) in [5, 5.41) is 4.08. The van der Waals surface area contributed by atoms with Crippen molar-refractivity contribution in [2.24, 2.45) is 0 Å². The Morgan fingerprint density at radius 1 is 1.18 bits per heavy atom. The molecule has 1 aliphatic rings. The van der Waals surface area contributed by atoms with Gasteiger partial charge in [-0.05, 0) is 32.0 Å². The van der Waals surface area contributed by atoms with Gasteiger partial charge < -0.3 is 4.90 Å². The highest BCUT2D eigenvalue weighted by Gasteiger charge is 2.35. The lowest BCUT2D eigenvalue weighted by atomic mass is 10.2. The van der Waals surface area contributed by atoms with Crippen molar-refractivity contribution in [3.63, 3.8) is 0 Å².